The minimum absolute atomic E-state index is 0.0447. The monoisotopic (exact) mass is 269 g/mol. The first-order chi connectivity index (χ1) is 9.78. The number of benzene rings is 1. The molecule has 1 aromatic heterocycles. The quantitative estimate of drug-likeness (QED) is 0.929. The molecule has 3 rings (SSSR count). The Kier molecular flexibility index (Phi) is 3.70. The molecule has 1 aliphatic rings. The van der Waals surface area contributed by atoms with E-state index < -0.39 is 0 Å². The Morgan fingerprint density at radius 3 is 3.05 bits per heavy atom. The predicted octanol–water partition coefficient (Wildman–Crippen LogP) is 3.34. The first-order valence-corrected chi connectivity index (χ1v) is 7.09. The van der Waals surface area contributed by atoms with Crippen molar-refractivity contribution in [1.82, 2.24) is 4.98 Å². The number of aromatic nitrogens is 1. The highest BCUT2D eigenvalue weighted by Crippen LogP contribution is 2.34. The van der Waals surface area contributed by atoms with Crippen LogP contribution in [0, 0.1) is 6.92 Å². The van der Waals surface area contributed by atoms with Gasteiger partial charge in [-0.25, -0.2) is 0 Å². The summed E-state index contributed by atoms with van der Waals surface area (Å²) in [5.41, 5.74) is 4.30. The third-order valence-electron chi connectivity index (χ3n) is 3.83. The molecule has 1 aliphatic carbocycles. The Balaban J connectivity index is 1.91. The van der Waals surface area contributed by atoms with Crippen molar-refractivity contribution in [2.45, 2.75) is 38.9 Å². The second kappa shape index (κ2) is 5.63. The molecule has 3 heteroatoms. The highest BCUT2D eigenvalue weighted by molar-refractivity contribution is 5.36. The number of pyridine rings is 1. The summed E-state index contributed by atoms with van der Waals surface area (Å²) in [6.07, 6.45) is 5.05. The molecule has 1 aromatic carbocycles. The van der Waals surface area contributed by atoms with Gasteiger partial charge >= 0.3 is 0 Å². The van der Waals surface area contributed by atoms with Gasteiger partial charge in [0.25, 0.3) is 0 Å². The van der Waals surface area contributed by atoms with Gasteiger partial charge in [0.15, 0.2) is 0 Å². The molecule has 1 unspecified atom stereocenters. The van der Waals surface area contributed by atoms with Gasteiger partial charge in [0.2, 0.25) is 0 Å². The lowest BCUT2D eigenvalue weighted by Crippen LogP contribution is -2.16. The number of aryl methyl sites for hydroxylation is 2. The Morgan fingerprint density at radius 2 is 2.20 bits per heavy atom. The van der Waals surface area contributed by atoms with Crippen molar-refractivity contribution in [3.8, 4) is 5.75 Å². The molecule has 104 valence electrons. The topological polar surface area (TPSA) is 42.4 Å². The van der Waals surface area contributed by atoms with Crippen LogP contribution in [0.3, 0.4) is 0 Å². The fourth-order valence-corrected chi connectivity index (χ4v) is 2.78. The molecule has 0 aliphatic heterocycles. The third-order valence-corrected chi connectivity index (χ3v) is 3.83. The fraction of sp³-hybridized carbons (Fsp3) is 0.353. The number of hydrogen-bond acceptors (Lipinski definition) is 3. The lowest BCUT2D eigenvalue weighted by atomic mass is 9.89. The summed E-state index contributed by atoms with van der Waals surface area (Å²) in [5.74, 6) is 0.752. The normalized spacial score (nSPS) is 17.6. The molecule has 0 radical (unpaired) electrons. The van der Waals surface area contributed by atoms with E-state index in [9.17, 15) is 5.11 Å². The van der Waals surface area contributed by atoms with E-state index in [2.05, 4.69) is 29.2 Å². The van der Waals surface area contributed by atoms with E-state index in [4.69, 9.17) is 4.74 Å². The van der Waals surface area contributed by atoms with Crippen LogP contribution in [0.25, 0.3) is 0 Å². The number of nitrogens with zero attached hydrogens (tertiary/aromatic N) is 1. The van der Waals surface area contributed by atoms with Gasteiger partial charge in [0.1, 0.15) is 11.9 Å². The number of ether oxygens (including phenoxy) is 1. The summed E-state index contributed by atoms with van der Waals surface area (Å²) >= 11 is 0. The van der Waals surface area contributed by atoms with Crippen molar-refractivity contribution in [3.63, 3.8) is 0 Å². The average molecular weight is 269 g/mol. The van der Waals surface area contributed by atoms with Crippen molar-refractivity contribution in [1.29, 1.82) is 0 Å². The first-order valence-electron chi connectivity index (χ1n) is 7.09. The summed E-state index contributed by atoms with van der Waals surface area (Å²) in [7, 11) is 0. The molecule has 2 aromatic rings. The van der Waals surface area contributed by atoms with Gasteiger partial charge in [-0.15, -0.1) is 0 Å². The van der Waals surface area contributed by atoms with E-state index in [0.29, 0.717) is 0 Å². The van der Waals surface area contributed by atoms with E-state index in [-0.39, 0.29) is 12.7 Å². The van der Waals surface area contributed by atoms with Crippen LogP contribution < -0.4 is 4.74 Å². The molecule has 3 nitrogen and oxygen atoms in total. The number of rotatable bonds is 3. The molecule has 0 fully saturated rings. The maximum atomic E-state index is 9.41. The van der Waals surface area contributed by atoms with Crippen LogP contribution in [0.15, 0.2) is 36.5 Å². The molecule has 0 spiro atoms. The van der Waals surface area contributed by atoms with Crippen molar-refractivity contribution >= 4 is 0 Å². The zero-order valence-electron chi connectivity index (χ0n) is 11.7. The lowest BCUT2D eigenvalue weighted by Gasteiger charge is -2.27. The van der Waals surface area contributed by atoms with Crippen LogP contribution in [0.2, 0.25) is 0 Å². The van der Waals surface area contributed by atoms with Gasteiger partial charge in [-0.3, -0.25) is 4.98 Å². The number of hydrogen-bond donors (Lipinski definition) is 1. The molecule has 0 saturated carbocycles. The molecule has 1 heterocycles. The standard InChI is InChI=1S/C17H19NO2/c1-12-9-17(14(11-19)10-18-12)20-16-8-4-6-13-5-2-3-7-15(13)16/h2-3,5,7,9-10,16,19H,4,6,8,11H2,1H3. The van der Waals surface area contributed by atoms with Crippen molar-refractivity contribution < 1.29 is 9.84 Å². The van der Waals surface area contributed by atoms with E-state index in [1.165, 1.54) is 11.1 Å². The van der Waals surface area contributed by atoms with Crippen molar-refractivity contribution in [2.75, 3.05) is 0 Å². The van der Waals surface area contributed by atoms with Crippen LogP contribution in [0.5, 0.6) is 5.75 Å². The third kappa shape index (κ3) is 2.54. The molecule has 1 N–H and O–H groups in total. The van der Waals surface area contributed by atoms with Crippen molar-refractivity contribution in [2.24, 2.45) is 0 Å². The lowest BCUT2D eigenvalue weighted by molar-refractivity contribution is 0.175. The average Bonchev–Trinajstić information content (AvgIpc) is 2.48. The van der Waals surface area contributed by atoms with E-state index >= 15 is 0 Å². The Morgan fingerprint density at radius 1 is 1.35 bits per heavy atom. The fourth-order valence-electron chi connectivity index (χ4n) is 2.78. The highest BCUT2D eigenvalue weighted by Gasteiger charge is 2.22. The Labute approximate surface area is 119 Å². The summed E-state index contributed by atoms with van der Waals surface area (Å²) in [6.45, 7) is 1.89. The molecule has 1 atom stereocenters. The van der Waals surface area contributed by atoms with Gasteiger partial charge in [-0.2, -0.15) is 0 Å². The minimum atomic E-state index is -0.0447. The van der Waals surface area contributed by atoms with Crippen LogP contribution in [0.1, 0.15) is 41.3 Å². The Bertz CT molecular complexity index is 610. The van der Waals surface area contributed by atoms with Gasteiger partial charge in [0, 0.05) is 23.5 Å². The SMILES string of the molecule is Cc1cc(OC2CCCc3ccccc32)c(CO)cn1. The second-order valence-electron chi connectivity index (χ2n) is 5.29. The summed E-state index contributed by atoms with van der Waals surface area (Å²) in [6, 6.07) is 10.4. The largest absolute Gasteiger partial charge is 0.485 e. The zero-order chi connectivity index (χ0) is 13.9. The minimum Gasteiger partial charge on any atom is -0.485 e. The zero-order valence-corrected chi connectivity index (χ0v) is 11.7. The first kappa shape index (κ1) is 13.1. The Hall–Kier alpha value is -1.87. The maximum Gasteiger partial charge on any atom is 0.129 e. The van der Waals surface area contributed by atoms with Gasteiger partial charge in [-0.1, -0.05) is 24.3 Å². The highest BCUT2D eigenvalue weighted by atomic mass is 16.5. The van der Waals surface area contributed by atoms with E-state index in [0.717, 1.165) is 36.3 Å². The summed E-state index contributed by atoms with van der Waals surface area (Å²) in [4.78, 5) is 4.21. The summed E-state index contributed by atoms with van der Waals surface area (Å²) in [5, 5.41) is 9.41. The molecular formula is C17H19NO2. The smallest absolute Gasteiger partial charge is 0.129 e. The molecule has 0 bridgehead atoms. The number of aliphatic hydroxyl groups is 1. The van der Waals surface area contributed by atoms with Crippen LogP contribution in [-0.2, 0) is 13.0 Å². The van der Waals surface area contributed by atoms with Crippen LogP contribution >= 0.6 is 0 Å². The van der Waals surface area contributed by atoms with Gasteiger partial charge in [0.05, 0.1) is 6.61 Å². The maximum absolute atomic E-state index is 9.41. The van der Waals surface area contributed by atoms with Gasteiger partial charge in [-0.05, 0) is 37.3 Å². The summed E-state index contributed by atoms with van der Waals surface area (Å²) < 4.78 is 6.18. The van der Waals surface area contributed by atoms with E-state index in [1.54, 1.807) is 6.20 Å². The predicted molar refractivity (Wildman–Crippen MR) is 77.6 cm³/mol. The number of fused-ring (bicyclic) bond motifs is 1. The molecular weight excluding hydrogens is 250 g/mol. The molecule has 0 saturated heterocycles. The van der Waals surface area contributed by atoms with Crippen LogP contribution in [0.4, 0.5) is 0 Å². The second-order valence-corrected chi connectivity index (χ2v) is 5.29. The molecule has 0 amide bonds. The van der Waals surface area contributed by atoms with Crippen LogP contribution in [-0.4, -0.2) is 10.1 Å². The number of aliphatic hydroxyl groups excluding tert-OH is 1. The molecule has 20 heavy (non-hydrogen) atoms. The van der Waals surface area contributed by atoms with Crippen molar-refractivity contribution in [3.05, 3.63) is 58.9 Å². The van der Waals surface area contributed by atoms with E-state index in [1.807, 2.05) is 13.0 Å². The van der Waals surface area contributed by atoms with Gasteiger partial charge < -0.3 is 9.84 Å².